The molecule has 0 atom stereocenters. The minimum absolute atomic E-state index is 0.146. The fourth-order valence-electron chi connectivity index (χ4n) is 1.40. The molecule has 0 amide bonds. The van der Waals surface area contributed by atoms with Crippen LogP contribution in [0.3, 0.4) is 0 Å². The molecule has 0 aliphatic heterocycles. The molecule has 0 unspecified atom stereocenters. The van der Waals surface area contributed by atoms with Crippen molar-refractivity contribution < 1.29 is 9.53 Å². The minimum Gasteiger partial charge on any atom is -0.464 e. The number of ether oxygens (including phenoxy) is 1. The first-order chi connectivity index (χ1) is 8.04. The number of methoxy groups -OCH3 is 1. The topological polar surface area (TPSA) is 39.2 Å². The van der Waals surface area contributed by atoms with Crippen molar-refractivity contribution in [1.82, 2.24) is 4.98 Å². The predicted molar refractivity (Wildman–Crippen MR) is 70.8 cm³/mol. The highest BCUT2D eigenvalue weighted by Crippen LogP contribution is 2.33. The van der Waals surface area contributed by atoms with Crippen molar-refractivity contribution in [3.8, 4) is 0 Å². The Labute approximate surface area is 116 Å². The Bertz CT molecular complexity index is 616. The minimum atomic E-state index is -0.541. The number of halogens is 3. The molecule has 0 aliphatic carbocycles. The molecule has 1 aromatic heterocycles. The fraction of sp³-hybridized carbons (Fsp3) is 0.0909. The molecule has 0 N–H and O–H groups in total. The molecule has 88 valence electrons. The second-order valence-corrected chi connectivity index (χ2v) is 4.85. The largest absolute Gasteiger partial charge is 0.464 e. The molecule has 0 fully saturated rings. The molecule has 1 heterocycles. The first-order valence-electron chi connectivity index (χ1n) is 4.57. The van der Waals surface area contributed by atoms with E-state index >= 15 is 0 Å². The first kappa shape index (κ1) is 12.6. The number of pyridine rings is 1. The van der Waals surface area contributed by atoms with Gasteiger partial charge in [-0.1, -0.05) is 23.2 Å². The third-order valence-corrected chi connectivity index (χ3v) is 3.88. The second-order valence-electron chi connectivity index (χ2n) is 3.24. The van der Waals surface area contributed by atoms with Crippen LogP contribution in [-0.2, 0) is 4.74 Å². The maximum Gasteiger partial charge on any atom is 0.356 e. The second kappa shape index (κ2) is 4.80. The van der Waals surface area contributed by atoms with Crippen LogP contribution in [-0.4, -0.2) is 18.1 Å². The average Bonchev–Trinajstić information content (AvgIpc) is 2.33. The van der Waals surface area contributed by atoms with Gasteiger partial charge in [0, 0.05) is 5.39 Å². The van der Waals surface area contributed by atoms with E-state index in [4.69, 9.17) is 23.2 Å². The Hall–Kier alpha value is -0.840. The van der Waals surface area contributed by atoms with Crippen molar-refractivity contribution in [3.05, 3.63) is 38.4 Å². The predicted octanol–water partition coefficient (Wildman–Crippen LogP) is 4.09. The molecular formula is C11H6BrCl2NO2. The van der Waals surface area contributed by atoms with Gasteiger partial charge in [-0.25, -0.2) is 9.78 Å². The number of fused-ring (bicyclic) bond motifs is 1. The van der Waals surface area contributed by atoms with Gasteiger partial charge in [-0.05, 0) is 34.1 Å². The van der Waals surface area contributed by atoms with E-state index in [-0.39, 0.29) is 5.69 Å². The standard InChI is InChI=1S/C11H6BrCl2NO2/c1-17-11(16)8-4-7(14)5-2-3-6(13)9(12)10(5)15-8/h2-4H,1H3. The lowest BCUT2D eigenvalue weighted by Gasteiger charge is -2.06. The molecule has 0 bridgehead atoms. The summed E-state index contributed by atoms with van der Waals surface area (Å²) in [5.41, 5.74) is 0.679. The van der Waals surface area contributed by atoms with E-state index in [2.05, 4.69) is 25.7 Å². The van der Waals surface area contributed by atoms with Crippen LogP contribution in [0.25, 0.3) is 10.9 Å². The molecule has 0 aliphatic rings. The molecular weight excluding hydrogens is 329 g/mol. The van der Waals surface area contributed by atoms with Crippen LogP contribution in [0.15, 0.2) is 22.7 Å². The van der Waals surface area contributed by atoms with E-state index in [1.165, 1.54) is 13.2 Å². The van der Waals surface area contributed by atoms with Gasteiger partial charge < -0.3 is 4.74 Å². The zero-order chi connectivity index (χ0) is 12.6. The summed E-state index contributed by atoms with van der Waals surface area (Å²) in [6.07, 6.45) is 0. The van der Waals surface area contributed by atoms with Crippen molar-refractivity contribution in [2.75, 3.05) is 7.11 Å². The average molecular weight is 335 g/mol. The Morgan fingerprint density at radius 3 is 2.71 bits per heavy atom. The summed E-state index contributed by atoms with van der Waals surface area (Å²) in [4.78, 5) is 15.6. The van der Waals surface area contributed by atoms with E-state index in [0.29, 0.717) is 20.0 Å². The number of esters is 1. The van der Waals surface area contributed by atoms with Gasteiger partial charge in [-0.3, -0.25) is 0 Å². The van der Waals surface area contributed by atoms with Gasteiger partial charge in [-0.2, -0.15) is 0 Å². The van der Waals surface area contributed by atoms with Crippen LogP contribution in [0.1, 0.15) is 10.5 Å². The van der Waals surface area contributed by atoms with E-state index < -0.39 is 5.97 Å². The number of hydrogen-bond donors (Lipinski definition) is 0. The lowest BCUT2D eigenvalue weighted by Crippen LogP contribution is -2.04. The van der Waals surface area contributed by atoms with Gasteiger partial charge in [0.2, 0.25) is 0 Å². The SMILES string of the molecule is COC(=O)c1cc(Cl)c2ccc(Cl)c(Br)c2n1. The van der Waals surface area contributed by atoms with E-state index in [1.807, 2.05) is 0 Å². The summed E-state index contributed by atoms with van der Waals surface area (Å²) in [5, 5.41) is 1.64. The van der Waals surface area contributed by atoms with Gasteiger partial charge in [0.1, 0.15) is 0 Å². The van der Waals surface area contributed by atoms with Crippen LogP contribution in [0, 0.1) is 0 Å². The van der Waals surface area contributed by atoms with E-state index in [1.54, 1.807) is 12.1 Å². The van der Waals surface area contributed by atoms with E-state index in [0.717, 1.165) is 5.39 Å². The summed E-state index contributed by atoms with van der Waals surface area (Å²) in [6, 6.07) is 4.92. The number of benzene rings is 1. The number of hydrogen-bond acceptors (Lipinski definition) is 3. The smallest absolute Gasteiger partial charge is 0.356 e. The van der Waals surface area contributed by atoms with Crippen LogP contribution < -0.4 is 0 Å². The van der Waals surface area contributed by atoms with Gasteiger partial charge in [0.15, 0.2) is 5.69 Å². The third kappa shape index (κ3) is 2.25. The summed E-state index contributed by atoms with van der Waals surface area (Å²) < 4.78 is 5.20. The normalized spacial score (nSPS) is 10.6. The molecule has 1 aromatic carbocycles. The Morgan fingerprint density at radius 1 is 1.35 bits per heavy atom. The van der Waals surface area contributed by atoms with Crippen LogP contribution in [0.4, 0.5) is 0 Å². The monoisotopic (exact) mass is 333 g/mol. The zero-order valence-corrected chi connectivity index (χ0v) is 11.7. The first-order valence-corrected chi connectivity index (χ1v) is 6.12. The number of carbonyl (C=O) groups excluding carboxylic acids is 1. The maximum absolute atomic E-state index is 11.4. The Kier molecular flexibility index (Phi) is 3.56. The highest BCUT2D eigenvalue weighted by atomic mass is 79.9. The maximum atomic E-state index is 11.4. The van der Waals surface area contributed by atoms with Gasteiger partial charge in [0.25, 0.3) is 0 Å². The number of aromatic nitrogens is 1. The molecule has 0 radical (unpaired) electrons. The van der Waals surface area contributed by atoms with Crippen molar-refractivity contribution in [2.45, 2.75) is 0 Å². The van der Waals surface area contributed by atoms with Crippen LogP contribution >= 0.6 is 39.1 Å². The van der Waals surface area contributed by atoms with Crippen molar-refractivity contribution in [1.29, 1.82) is 0 Å². The zero-order valence-electron chi connectivity index (χ0n) is 8.63. The van der Waals surface area contributed by atoms with Crippen molar-refractivity contribution in [3.63, 3.8) is 0 Å². The highest BCUT2D eigenvalue weighted by molar-refractivity contribution is 9.10. The van der Waals surface area contributed by atoms with Crippen LogP contribution in [0.2, 0.25) is 10.0 Å². The highest BCUT2D eigenvalue weighted by Gasteiger charge is 2.14. The van der Waals surface area contributed by atoms with Crippen molar-refractivity contribution in [2.24, 2.45) is 0 Å². The number of rotatable bonds is 1. The Balaban J connectivity index is 2.79. The van der Waals surface area contributed by atoms with Crippen molar-refractivity contribution >= 4 is 56.0 Å². The van der Waals surface area contributed by atoms with Gasteiger partial charge in [-0.15, -0.1) is 0 Å². The molecule has 6 heteroatoms. The van der Waals surface area contributed by atoms with E-state index in [9.17, 15) is 4.79 Å². The summed E-state index contributed by atoms with van der Waals surface area (Å²) in [7, 11) is 1.29. The van der Waals surface area contributed by atoms with Gasteiger partial charge in [0.05, 0.1) is 27.1 Å². The fourth-order valence-corrected chi connectivity index (χ4v) is 2.24. The molecule has 0 spiro atoms. The molecule has 2 rings (SSSR count). The number of carbonyl (C=O) groups is 1. The summed E-state index contributed by atoms with van der Waals surface area (Å²) in [5.74, 6) is -0.541. The summed E-state index contributed by atoms with van der Waals surface area (Å²) >= 11 is 15.4. The lowest BCUT2D eigenvalue weighted by atomic mass is 10.2. The lowest BCUT2D eigenvalue weighted by molar-refractivity contribution is 0.0594. The summed E-state index contributed by atoms with van der Waals surface area (Å²) in [6.45, 7) is 0. The quantitative estimate of drug-likeness (QED) is 0.737. The number of nitrogens with zero attached hydrogens (tertiary/aromatic N) is 1. The molecule has 0 saturated heterocycles. The Morgan fingerprint density at radius 2 is 2.06 bits per heavy atom. The molecule has 2 aromatic rings. The molecule has 17 heavy (non-hydrogen) atoms. The third-order valence-electron chi connectivity index (χ3n) is 2.22. The van der Waals surface area contributed by atoms with Crippen LogP contribution in [0.5, 0.6) is 0 Å². The van der Waals surface area contributed by atoms with Gasteiger partial charge >= 0.3 is 5.97 Å². The molecule has 0 saturated carbocycles. The molecule has 3 nitrogen and oxygen atoms in total.